The van der Waals surface area contributed by atoms with Gasteiger partial charge in [-0.15, -0.1) is 0 Å². The lowest BCUT2D eigenvalue weighted by Gasteiger charge is -2.36. The number of piperazine rings is 1. The molecular weight excluding hydrogens is 618 g/mol. The molecule has 2 saturated heterocycles. The van der Waals surface area contributed by atoms with Crippen LogP contribution in [0.5, 0.6) is 0 Å². The van der Waals surface area contributed by atoms with Crippen LogP contribution in [0.25, 0.3) is 11.4 Å². The van der Waals surface area contributed by atoms with Gasteiger partial charge >= 0.3 is 12.1 Å². The first-order valence-electron chi connectivity index (χ1n) is 16.9. The van der Waals surface area contributed by atoms with Crippen molar-refractivity contribution in [3.05, 3.63) is 42.1 Å². The smallest absolute Gasteiger partial charge is 0.409 e. The minimum Gasteiger partial charge on any atom is -0.481 e. The maximum absolute atomic E-state index is 13.7. The van der Waals surface area contributed by atoms with E-state index in [-0.39, 0.29) is 56.5 Å². The molecule has 14 heteroatoms. The van der Waals surface area contributed by atoms with Crippen molar-refractivity contribution in [2.45, 2.75) is 64.8 Å². The molecule has 3 heterocycles. The van der Waals surface area contributed by atoms with Gasteiger partial charge in [-0.25, -0.2) is 14.8 Å². The van der Waals surface area contributed by atoms with Crippen molar-refractivity contribution in [3.63, 3.8) is 0 Å². The molecule has 260 valence electrons. The molecule has 0 saturated carbocycles. The molecule has 0 bridgehead atoms. The van der Waals surface area contributed by atoms with E-state index in [9.17, 15) is 29.1 Å². The van der Waals surface area contributed by atoms with Crippen LogP contribution in [0.1, 0.15) is 69.3 Å². The van der Waals surface area contributed by atoms with Crippen LogP contribution < -0.4 is 15.5 Å². The van der Waals surface area contributed by atoms with E-state index < -0.39 is 29.9 Å². The molecule has 0 unspecified atom stereocenters. The molecule has 3 N–H and O–H groups in total. The number of rotatable bonds is 14. The SMILES string of the molecule is CCCCCOC(=O)N1CCN(C(=O)[C@H](CCC(=O)O)NC(=O)c2cc(N3CCC(C(=O)NCC)CC3)nc(-c3ccccc3)n2)CC1. The van der Waals surface area contributed by atoms with Crippen LogP contribution in [0.2, 0.25) is 0 Å². The maximum Gasteiger partial charge on any atom is 0.409 e. The van der Waals surface area contributed by atoms with E-state index in [2.05, 4.69) is 22.5 Å². The molecule has 2 aromatic rings. The Kier molecular flexibility index (Phi) is 13.5. The summed E-state index contributed by atoms with van der Waals surface area (Å²) >= 11 is 0. The zero-order chi connectivity index (χ0) is 34.5. The largest absolute Gasteiger partial charge is 0.481 e. The highest BCUT2D eigenvalue weighted by atomic mass is 16.6. The number of ether oxygens (including phenoxy) is 1. The van der Waals surface area contributed by atoms with Gasteiger partial charge in [0.1, 0.15) is 17.6 Å². The number of hydrogen-bond donors (Lipinski definition) is 3. The van der Waals surface area contributed by atoms with Crippen LogP contribution in [0.15, 0.2) is 36.4 Å². The Balaban J connectivity index is 1.48. The average molecular weight is 666 g/mol. The minimum absolute atomic E-state index is 0.0331. The maximum atomic E-state index is 13.7. The van der Waals surface area contributed by atoms with Crippen LogP contribution in [0, 0.1) is 5.92 Å². The molecule has 2 aliphatic rings. The van der Waals surface area contributed by atoms with Crippen molar-refractivity contribution in [1.29, 1.82) is 0 Å². The van der Waals surface area contributed by atoms with Crippen LogP contribution in [-0.2, 0) is 19.1 Å². The molecule has 4 rings (SSSR count). The van der Waals surface area contributed by atoms with E-state index >= 15 is 0 Å². The summed E-state index contributed by atoms with van der Waals surface area (Å²) in [5, 5.41) is 15.0. The third-order valence-electron chi connectivity index (χ3n) is 8.59. The minimum atomic E-state index is -1.12. The second-order valence-electron chi connectivity index (χ2n) is 12.0. The number of amides is 4. The summed E-state index contributed by atoms with van der Waals surface area (Å²) in [4.78, 5) is 78.1. The summed E-state index contributed by atoms with van der Waals surface area (Å²) in [6, 6.07) is 9.67. The summed E-state index contributed by atoms with van der Waals surface area (Å²) in [5.41, 5.74) is 0.735. The number of piperidine rings is 1. The summed E-state index contributed by atoms with van der Waals surface area (Å²) in [7, 11) is 0. The first kappa shape index (κ1) is 36.1. The quantitative estimate of drug-likeness (QED) is 0.255. The highest BCUT2D eigenvalue weighted by molar-refractivity contribution is 5.97. The average Bonchev–Trinajstić information content (AvgIpc) is 3.11. The van der Waals surface area contributed by atoms with E-state index in [0.717, 1.165) is 19.3 Å². The number of benzene rings is 1. The molecule has 1 atom stereocenters. The Morgan fingerprint density at radius 1 is 0.938 bits per heavy atom. The van der Waals surface area contributed by atoms with Crippen molar-refractivity contribution in [3.8, 4) is 11.4 Å². The molecule has 14 nitrogen and oxygen atoms in total. The van der Waals surface area contributed by atoms with Gasteiger partial charge in [0.15, 0.2) is 5.82 Å². The lowest BCUT2D eigenvalue weighted by molar-refractivity contribution is -0.138. The van der Waals surface area contributed by atoms with Gasteiger partial charge in [-0.3, -0.25) is 19.2 Å². The Hall–Kier alpha value is -4.75. The molecule has 2 aliphatic heterocycles. The van der Waals surface area contributed by atoms with Crippen molar-refractivity contribution >= 4 is 35.6 Å². The third-order valence-corrected chi connectivity index (χ3v) is 8.59. The number of hydrogen-bond acceptors (Lipinski definition) is 9. The van der Waals surface area contributed by atoms with Gasteiger partial charge in [0, 0.05) is 69.8 Å². The van der Waals surface area contributed by atoms with Gasteiger partial charge in [0.25, 0.3) is 5.91 Å². The number of anilines is 1. The molecular formula is C34H47N7O7. The Bertz CT molecular complexity index is 1410. The van der Waals surface area contributed by atoms with Gasteiger partial charge < -0.3 is 35.2 Å². The zero-order valence-corrected chi connectivity index (χ0v) is 27.9. The predicted octanol–water partition coefficient (Wildman–Crippen LogP) is 2.93. The summed E-state index contributed by atoms with van der Waals surface area (Å²) < 4.78 is 5.34. The van der Waals surface area contributed by atoms with E-state index in [1.165, 1.54) is 4.90 Å². The molecule has 4 amide bonds. The van der Waals surface area contributed by atoms with E-state index in [1.807, 2.05) is 42.2 Å². The predicted molar refractivity (Wildman–Crippen MR) is 178 cm³/mol. The second kappa shape index (κ2) is 18.0. The van der Waals surface area contributed by atoms with Crippen LogP contribution in [-0.4, -0.2) is 113 Å². The molecule has 0 aliphatic carbocycles. The van der Waals surface area contributed by atoms with Gasteiger partial charge in [-0.1, -0.05) is 50.1 Å². The number of nitrogens with zero attached hydrogens (tertiary/aromatic N) is 5. The number of carboxylic acid groups (broad SMARTS) is 1. The van der Waals surface area contributed by atoms with Gasteiger partial charge in [0.2, 0.25) is 11.8 Å². The van der Waals surface area contributed by atoms with Crippen LogP contribution >= 0.6 is 0 Å². The molecule has 2 fully saturated rings. The normalized spacial score (nSPS) is 15.8. The van der Waals surface area contributed by atoms with E-state index in [4.69, 9.17) is 9.72 Å². The zero-order valence-electron chi connectivity index (χ0n) is 27.9. The van der Waals surface area contributed by atoms with Gasteiger partial charge in [-0.2, -0.15) is 0 Å². The first-order valence-corrected chi connectivity index (χ1v) is 16.9. The number of unbranched alkanes of at least 4 members (excludes halogenated alkanes) is 2. The highest BCUT2D eigenvalue weighted by Crippen LogP contribution is 2.25. The second-order valence-corrected chi connectivity index (χ2v) is 12.0. The fourth-order valence-corrected chi connectivity index (χ4v) is 5.81. The fourth-order valence-electron chi connectivity index (χ4n) is 5.81. The number of aromatic nitrogens is 2. The number of carbonyl (C=O) groups is 5. The molecule has 1 aromatic carbocycles. The summed E-state index contributed by atoms with van der Waals surface area (Å²) in [5.74, 6) is -1.37. The fraction of sp³-hybridized carbons (Fsp3) is 0.559. The van der Waals surface area contributed by atoms with Crippen molar-refractivity contribution in [2.75, 3.05) is 57.3 Å². The Morgan fingerprint density at radius 3 is 2.27 bits per heavy atom. The number of carboxylic acids is 1. The molecule has 0 radical (unpaired) electrons. The monoisotopic (exact) mass is 665 g/mol. The molecule has 0 spiro atoms. The Morgan fingerprint density at radius 2 is 1.62 bits per heavy atom. The van der Waals surface area contributed by atoms with E-state index in [1.54, 1.807) is 11.0 Å². The summed E-state index contributed by atoms with van der Waals surface area (Å²) in [6.07, 6.45) is 3.19. The van der Waals surface area contributed by atoms with Crippen LogP contribution in [0.3, 0.4) is 0 Å². The summed E-state index contributed by atoms with van der Waals surface area (Å²) in [6.45, 7) is 6.99. The van der Waals surface area contributed by atoms with Crippen molar-refractivity contribution in [1.82, 2.24) is 30.4 Å². The number of carbonyl (C=O) groups excluding carboxylic acids is 4. The van der Waals surface area contributed by atoms with E-state index in [0.29, 0.717) is 56.3 Å². The topological polar surface area (TPSA) is 174 Å². The van der Waals surface area contributed by atoms with Crippen molar-refractivity contribution in [2.24, 2.45) is 5.92 Å². The lowest BCUT2D eigenvalue weighted by Crippen LogP contribution is -2.56. The number of aliphatic carboxylic acids is 1. The Labute approximate surface area is 281 Å². The highest BCUT2D eigenvalue weighted by Gasteiger charge is 2.32. The first-order chi connectivity index (χ1) is 23.2. The molecule has 48 heavy (non-hydrogen) atoms. The van der Waals surface area contributed by atoms with Gasteiger partial charge in [0.05, 0.1) is 6.61 Å². The van der Waals surface area contributed by atoms with Crippen molar-refractivity contribution < 1.29 is 33.8 Å². The standard InChI is InChI=1S/C34H47N7O7/c1-3-5-9-22-48-34(47)41-20-18-40(19-21-41)33(46)26(12-13-29(42)43)37-32(45)27-23-28(38-30(36-27)24-10-7-6-8-11-24)39-16-14-25(15-17-39)31(44)35-4-2/h6-8,10-11,23,25-26H,3-5,9,12-22H2,1-2H3,(H,35,44)(H,37,45)(H,42,43)/t26-/m0/s1. The number of nitrogens with one attached hydrogen (secondary N) is 2. The third kappa shape index (κ3) is 10.1. The lowest BCUT2D eigenvalue weighted by atomic mass is 9.96. The molecule has 1 aromatic heterocycles. The van der Waals surface area contributed by atoms with Gasteiger partial charge in [-0.05, 0) is 32.6 Å². The van der Waals surface area contributed by atoms with Crippen LogP contribution in [0.4, 0.5) is 10.6 Å².